The number of benzene rings is 1. The first-order valence-corrected chi connectivity index (χ1v) is 3.76. The van der Waals surface area contributed by atoms with E-state index < -0.39 is 6.17 Å². The number of fused-ring (bicyclic) bond motifs is 1. The summed E-state index contributed by atoms with van der Waals surface area (Å²) in [7, 11) is 0. The van der Waals surface area contributed by atoms with Crippen LogP contribution in [0.5, 0.6) is 0 Å². The van der Waals surface area contributed by atoms with Crippen LogP contribution in [0.1, 0.15) is 17.3 Å². The second-order valence-electron chi connectivity index (χ2n) is 2.97. The number of nitrogens with two attached hydrogens (primary N) is 1. The van der Waals surface area contributed by atoms with Crippen LogP contribution in [-0.2, 0) is 6.42 Å². The standard InChI is InChI=1S/C9H10FN/c10-9-7-4-2-1-3-6(7)5-8(9)11/h1-4,8-9H,5,11H2/t8-,9-/m0/s1. The Morgan fingerprint density at radius 3 is 2.82 bits per heavy atom. The van der Waals surface area contributed by atoms with E-state index in [1.54, 1.807) is 0 Å². The maximum absolute atomic E-state index is 13.2. The molecule has 0 bridgehead atoms. The average molecular weight is 151 g/mol. The predicted molar refractivity (Wildman–Crippen MR) is 42.0 cm³/mol. The van der Waals surface area contributed by atoms with Crippen molar-refractivity contribution in [1.82, 2.24) is 0 Å². The maximum atomic E-state index is 13.2. The molecule has 2 atom stereocenters. The number of halogens is 1. The van der Waals surface area contributed by atoms with Crippen LogP contribution in [0, 0.1) is 0 Å². The Balaban J connectivity index is 2.47. The first-order valence-electron chi connectivity index (χ1n) is 3.76. The summed E-state index contributed by atoms with van der Waals surface area (Å²) in [5, 5.41) is 0. The van der Waals surface area contributed by atoms with E-state index in [4.69, 9.17) is 5.73 Å². The van der Waals surface area contributed by atoms with Crippen LogP contribution in [0.25, 0.3) is 0 Å². The Kier molecular flexibility index (Phi) is 1.43. The Morgan fingerprint density at radius 2 is 2.09 bits per heavy atom. The normalized spacial score (nSPS) is 28.5. The van der Waals surface area contributed by atoms with Gasteiger partial charge in [-0.05, 0) is 17.5 Å². The molecule has 0 unspecified atom stereocenters. The molecule has 2 rings (SSSR count). The molecule has 0 saturated heterocycles. The molecule has 2 N–H and O–H groups in total. The van der Waals surface area contributed by atoms with Gasteiger partial charge in [0.05, 0.1) is 0 Å². The molecule has 2 heteroatoms. The van der Waals surface area contributed by atoms with E-state index in [-0.39, 0.29) is 6.04 Å². The Labute approximate surface area is 65.0 Å². The molecule has 0 spiro atoms. The van der Waals surface area contributed by atoms with Crippen LogP contribution in [-0.4, -0.2) is 6.04 Å². The number of hydrogen-bond acceptors (Lipinski definition) is 1. The zero-order valence-electron chi connectivity index (χ0n) is 6.13. The lowest BCUT2D eigenvalue weighted by Gasteiger charge is -2.04. The van der Waals surface area contributed by atoms with E-state index in [9.17, 15) is 4.39 Å². The van der Waals surface area contributed by atoms with Gasteiger partial charge in [0.25, 0.3) is 0 Å². The average Bonchev–Trinajstić information content (AvgIpc) is 2.30. The van der Waals surface area contributed by atoms with Gasteiger partial charge in [0.2, 0.25) is 0 Å². The van der Waals surface area contributed by atoms with Gasteiger partial charge in [-0.3, -0.25) is 0 Å². The van der Waals surface area contributed by atoms with Crippen molar-refractivity contribution in [2.45, 2.75) is 18.6 Å². The van der Waals surface area contributed by atoms with Crippen LogP contribution in [0.3, 0.4) is 0 Å². The number of alkyl halides is 1. The monoisotopic (exact) mass is 151 g/mol. The molecule has 0 radical (unpaired) electrons. The highest BCUT2D eigenvalue weighted by Gasteiger charge is 2.28. The van der Waals surface area contributed by atoms with E-state index in [0.717, 1.165) is 11.1 Å². The quantitative estimate of drug-likeness (QED) is 0.598. The summed E-state index contributed by atoms with van der Waals surface area (Å²) in [6, 6.07) is 7.20. The molecule has 0 fully saturated rings. The van der Waals surface area contributed by atoms with Gasteiger partial charge < -0.3 is 5.73 Å². The molecule has 0 aromatic heterocycles. The zero-order chi connectivity index (χ0) is 7.84. The van der Waals surface area contributed by atoms with Gasteiger partial charge in [-0.2, -0.15) is 0 Å². The summed E-state index contributed by atoms with van der Waals surface area (Å²) in [4.78, 5) is 0. The highest BCUT2D eigenvalue weighted by molar-refractivity contribution is 5.35. The lowest BCUT2D eigenvalue weighted by molar-refractivity contribution is 0.308. The van der Waals surface area contributed by atoms with E-state index >= 15 is 0 Å². The molecule has 1 aliphatic carbocycles. The van der Waals surface area contributed by atoms with Crippen molar-refractivity contribution >= 4 is 0 Å². The maximum Gasteiger partial charge on any atom is 0.141 e. The van der Waals surface area contributed by atoms with Crippen LogP contribution in [0.4, 0.5) is 4.39 Å². The molecule has 1 aromatic rings. The van der Waals surface area contributed by atoms with E-state index in [0.29, 0.717) is 6.42 Å². The molecule has 0 heterocycles. The van der Waals surface area contributed by atoms with Crippen LogP contribution < -0.4 is 5.73 Å². The highest BCUT2D eigenvalue weighted by atomic mass is 19.1. The van der Waals surface area contributed by atoms with Crippen molar-refractivity contribution in [3.8, 4) is 0 Å². The SMILES string of the molecule is N[C@H]1Cc2ccccc2[C@@H]1F. The number of hydrogen-bond donors (Lipinski definition) is 1. The van der Waals surface area contributed by atoms with Gasteiger partial charge >= 0.3 is 0 Å². The van der Waals surface area contributed by atoms with Crippen molar-refractivity contribution < 1.29 is 4.39 Å². The van der Waals surface area contributed by atoms with Crippen LogP contribution in [0.15, 0.2) is 24.3 Å². The van der Waals surface area contributed by atoms with Gasteiger partial charge in [0.1, 0.15) is 6.17 Å². The third-order valence-electron chi connectivity index (χ3n) is 2.18. The fourth-order valence-electron chi connectivity index (χ4n) is 1.58. The van der Waals surface area contributed by atoms with Gasteiger partial charge in [-0.15, -0.1) is 0 Å². The minimum Gasteiger partial charge on any atom is -0.325 e. The van der Waals surface area contributed by atoms with Crippen molar-refractivity contribution in [3.63, 3.8) is 0 Å². The van der Waals surface area contributed by atoms with Gasteiger partial charge in [-0.25, -0.2) is 4.39 Å². The number of rotatable bonds is 0. The zero-order valence-corrected chi connectivity index (χ0v) is 6.13. The fourth-order valence-corrected chi connectivity index (χ4v) is 1.58. The lowest BCUT2D eigenvalue weighted by atomic mass is 10.1. The molecule has 1 aliphatic rings. The topological polar surface area (TPSA) is 26.0 Å². The summed E-state index contributed by atoms with van der Waals surface area (Å²) in [5.41, 5.74) is 7.39. The van der Waals surface area contributed by atoms with Gasteiger partial charge in [-0.1, -0.05) is 24.3 Å². The molecule has 11 heavy (non-hydrogen) atoms. The molecular formula is C9H10FN. The molecule has 1 nitrogen and oxygen atoms in total. The lowest BCUT2D eigenvalue weighted by Crippen LogP contribution is -2.21. The second kappa shape index (κ2) is 2.31. The van der Waals surface area contributed by atoms with Crippen molar-refractivity contribution in [3.05, 3.63) is 35.4 Å². The molecule has 1 aromatic carbocycles. The Morgan fingerprint density at radius 1 is 1.36 bits per heavy atom. The summed E-state index contributed by atoms with van der Waals surface area (Å²) in [5.74, 6) is 0. The van der Waals surface area contributed by atoms with Crippen molar-refractivity contribution in [2.75, 3.05) is 0 Å². The third kappa shape index (κ3) is 0.942. The van der Waals surface area contributed by atoms with E-state index in [1.807, 2.05) is 24.3 Å². The minimum atomic E-state index is -0.953. The summed E-state index contributed by atoms with van der Waals surface area (Å²) in [6.45, 7) is 0. The summed E-state index contributed by atoms with van der Waals surface area (Å²) in [6.07, 6.45) is -0.275. The fraction of sp³-hybridized carbons (Fsp3) is 0.333. The molecule has 0 saturated carbocycles. The summed E-state index contributed by atoms with van der Waals surface area (Å²) >= 11 is 0. The smallest absolute Gasteiger partial charge is 0.141 e. The largest absolute Gasteiger partial charge is 0.325 e. The molecule has 58 valence electrons. The van der Waals surface area contributed by atoms with Crippen LogP contribution in [0.2, 0.25) is 0 Å². The first kappa shape index (κ1) is 6.80. The first-order chi connectivity index (χ1) is 5.29. The third-order valence-corrected chi connectivity index (χ3v) is 2.18. The van der Waals surface area contributed by atoms with Crippen molar-refractivity contribution in [2.24, 2.45) is 5.73 Å². The van der Waals surface area contributed by atoms with Gasteiger partial charge in [0.15, 0.2) is 0 Å². The molecule has 0 aliphatic heterocycles. The molecule has 0 amide bonds. The molecular weight excluding hydrogens is 141 g/mol. The minimum absolute atomic E-state index is 0.326. The van der Waals surface area contributed by atoms with E-state index in [1.165, 1.54) is 0 Å². The highest BCUT2D eigenvalue weighted by Crippen LogP contribution is 2.32. The van der Waals surface area contributed by atoms with E-state index in [2.05, 4.69) is 0 Å². The summed E-state index contributed by atoms with van der Waals surface area (Å²) < 4.78 is 13.2. The van der Waals surface area contributed by atoms with Crippen LogP contribution >= 0.6 is 0 Å². The van der Waals surface area contributed by atoms with Crippen molar-refractivity contribution in [1.29, 1.82) is 0 Å². The Bertz CT molecular complexity index is 272. The van der Waals surface area contributed by atoms with Gasteiger partial charge in [0, 0.05) is 6.04 Å². The Hall–Kier alpha value is -0.890. The second-order valence-corrected chi connectivity index (χ2v) is 2.97. The predicted octanol–water partition coefficient (Wildman–Crippen LogP) is 1.58.